The van der Waals surface area contributed by atoms with Crippen molar-refractivity contribution in [2.24, 2.45) is 0 Å². The van der Waals surface area contributed by atoms with Crippen molar-refractivity contribution >= 4 is 16.6 Å². The van der Waals surface area contributed by atoms with Gasteiger partial charge in [0.25, 0.3) is 0 Å². The van der Waals surface area contributed by atoms with E-state index in [1.54, 1.807) is 14.0 Å². The smallest absolute Gasteiger partial charge is 0.134 e. The summed E-state index contributed by atoms with van der Waals surface area (Å²) in [6, 6.07) is 12.0. The Labute approximate surface area is 94.8 Å². The molecule has 0 atom stereocenters. The Hall–Kier alpha value is -1.83. The van der Waals surface area contributed by atoms with Gasteiger partial charge in [0.1, 0.15) is 11.5 Å². The standard InChI is InChI=1S/C14H14O2/c1-10(15)7-11-3-4-12-5-6-14(16-2)9-13(12)8-11/h3-6,8-9H,7H2,1-2H3. The van der Waals surface area contributed by atoms with E-state index in [9.17, 15) is 4.79 Å². The molecule has 0 aliphatic heterocycles. The van der Waals surface area contributed by atoms with Crippen LogP contribution in [-0.2, 0) is 11.2 Å². The Balaban J connectivity index is 2.46. The SMILES string of the molecule is COc1ccc2ccc(CC(C)=O)cc2c1. The van der Waals surface area contributed by atoms with E-state index >= 15 is 0 Å². The molecular formula is C14H14O2. The number of ether oxygens (including phenoxy) is 1. The Morgan fingerprint density at radius 2 is 1.88 bits per heavy atom. The summed E-state index contributed by atoms with van der Waals surface area (Å²) in [5.74, 6) is 1.02. The van der Waals surface area contributed by atoms with Crippen LogP contribution in [0.2, 0.25) is 0 Å². The molecular weight excluding hydrogens is 200 g/mol. The number of fused-ring (bicyclic) bond motifs is 1. The van der Waals surface area contributed by atoms with E-state index in [2.05, 4.69) is 0 Å². The van der Waals surface area contributed by atoms with Crippen LogP contribution in [0.4, 0.5) is 0 Å². The van der Waals surface area contributed by atoms with Crippen LogP contribution in [0, 0.1) is 0 Å². The zero-order chi connectivity index (χ0) is 11.5. The predicted octanol–water partition coefficient (Wildman–Crippen LogP) is 2.98. The molecule has 0 unspecified atom stereocenters. The molecule has 0 saturated heterocycles. The van der Waals surface area contributed by atoms with Gasteiger partial charge in [-0.15, -0.1) is 0 Å². The second-order valence-electron chi connectivity index (χ2n) is 3.93. The van der Waals surface area contributed by atoms with Gasteiger partial charge in [-0.2, -0.15) is 0 Å². The van der Waals surface area contributed by atoms with Crippen molar-refractivity contribution in [2.75, 3.05) is 7.11 Å². The number of methoxy groups -OCH3 is 1. The third kappa shape index (κ3) is 2.22. The molecule has 2 aromatic carbocycles. The van der Waals surface area contributed by atoms with E-state index in [0.717, 1.165) is 22.1 Å². The highest BCUT2D eigenvalue weighted by Gasteiger charge is 2.01. The van der Waals surface area contributed by atoms with Gasteiger partial charge in [-0.25, -0.2) is 0 Å². The number of carbonyl (C=O) groups is 1. The fourth-order valence-electron chi connectivity index (χ4n) is 1.80. The Morgan fingerprint density at radius 1 is 1.12 bits per heavy atom. The number of hydrogen-bond donors (Lipinski definition) is 0. The van der Waals surface area contributed by atoms with E-state index in [-0.39, 0.29) is 5.78 Å². The minimum absolute atomic E-state index is 0.183. The van der Waals surface area contributed by atoms with Crippen LogP contribution in [0.5, 0.6) is 5.75 Å². The first-order chi connectivity index (χ1) is 7.69. The van der Waals surface area contributed by atoms with Crippen molar-refractivity contribution in [3.63, 3.8) is 0 Å². The first-order valence-corrected chi connectivity index (χ1v) is 5.25. The molecule has 2 heteroatoms. The molecule has 2 aromatic rings. The molecule has 0 amide bonds. The van der Waals surface area contributed by atoms with Gasteiger partial charge >= 0.3 is 0 Å². The second kappa shape index (κ2) is 4.35. The lowest BCUT2D eigenvalue weighted by atomic mass is 10.0. The molecule has 0 spiro atoms. The summed E-state index contributed by atoms with van der Waals surface area (Å²) in [7, 11) is 1.65. The molecule has 0 fully saturated rings. The van der Waals surface area contributed by atoms with E-state index in [1.807, 2.05) is 36.4 Å². The maximum Gasteiger partial charge on any atom is 0.134 e. The lowest BCUT2D eigenvalue weighted by molar-refractivity contribution is -0.116. The van der Waals surface area contributed by atoms with Gasteiger partial charge in [-0.3, -0.25) is 4.79 Å². The summed E-state index contributed by atoms with van der Waals surface area (Å²) in [5.41, 5.74) is 1.05. The summed E-state index contributed by atoms with van der Waals surface area (Å²) in [6.45, 7) is 1.61. The summed E-state index contributed by atoms with van der Waals surface area (Å²) < 4.78 is 5.18. The number of hydrogen-bond acceptors (Lipinski definition) is 2. The summed E-state index contributed by atoms with van der Waals surface area (Å²) in [6.07, 6.45) is 0.493. The highest BCUT2D eigenvalue weighted by atomic mass is 16.5. The average molecular weight is 214 g/mol. The quantitative estimate of drug-likeness (QED) is 0.785. The second-order valence-corrected chi connectivity index (χ2v) is 3.93. The van der Waals surface area contributed by atoms with E-state index in [4.69, 9.17) is 4.74 Å². The molecule has 0 aromatic heterocycles. The van der Waals surface area contributed by atoms with Crippen LogP contribution in [0.15, 0.2) is 36.4 Å². The normalized spacial score (nSPS) is 10.4. The molecule has 0 bridgehead atoms. The minimum atomic E-state index is 0.183. The van der Waals surface area contributed by atoms with Crippen LogP contribution in [0.1, 0.15) is 12.5 Å². The number of benzene rings is 2. The van der Waals surface area contributed by atoms with Crippen molar-refractivity contribution in [1.29, 1.82) is 0 Å². The molecule has 0 aliphatic rings. The van der Waals surface area contributed by atoms with Crippen LogP contribution in [-0.4, -0.2) is 12.9 Å². The highest BCUT2D eigenvalue weighted by Crippen LogP contribution is 2.22. The van der Waals surface area contributed by atoms with Gasteiger partial charge in [0, 0.05) is 6.42 Å². The molecule has 2 nitrogen and oxygen atoms in total. The number of Topliss-reactive ketones (excluding diaryl/α,β-unsaturated/α-hetero) is 1. The largest absolute Gasteiger partial charge is 0.497 e. The van der Waals surface area contributed by atoms with Crippen molar-refractivity contribution in [1.82, 2.24) is 0 Å². The fraction of sp³-hybridized carbons (Fsp3) is 0.214. The number of rotatable bonds is 3. The highest BCUT2D eigenvalue weighted by molar-refractivity contribution is 5.86. The zero-order valence-corrected chi connectivity index (χ0v) is 9.49. The third-order valence-electron chi connectivity index (χ3n) is 2.56. The molecule has 0 heterocycles. The molecule has 16 heavy (non-hydrogen) atoms. The summed E-state index contributed by atoms with van der Waals surface area (Å²) in [4.78, 5) is 11.0. The average Bonchev–Trinajstić information content (AvgIpc) is 2.27. The van der Waals surface area contributed by atoms with E-state index < -0.39 is 0 Å². The molecule has 82 valence electrons. The van der Waals surface area contributed by atoms with Crippen molar-refractivity contribution < 1.29 is 9.53 Å². The van der Waals surface area contributed by atoms with Gasteiger partial charge in [-0.05, 0) is 35.4 Å². The predicted molar refractivity (Wildman–Crippen MR) is 64.9 cm³/mol. The third-order valence-corrected chi connectivity index (χ3v) is 2.56. The van der Waals surface area contributed by atoms with Crippen LogP contribution < -0.4 is 4.74 Å². The number of carbonyl (C=O) groups excluding carboxylic acids is 1. The van der Waals surface area contributed by atoms with E-state index in [1.165, 1.54) is 0 Å². The molecule has 0 N–H and O–H groups in total. The molecule has 0 saturated carbocycles. The van der Waals surface area contributed by atoms with Crippen LogP contribution in [0.3, 0.4) is 0 Å². The molecule has 0 aliphatic carbocycles. The summed E-state index contributed by atoms with van der Waals surface area (Å²) >= 11 is 0. The minimum Gasteiger partial charge on any atom is -0.497 e. The van der Waals surface area contributed by atoms with Crippen LogP contribution in [0.25, 0.3) is 10.8 Å². The number of ketones is 1. The maximum absolute atomic E-state index is 11.0. The Bertz CT molecular complexity index is 529. The fourth-order valence-corrected chi connectivity index (χ4v) is 1.80. The van der Waals surface area contributed by atoms with Gasteiger partial charge in [-0.1, -0.05) is 24.3 Å². The molecule has 0 radical (unpaired) electrons. The molecule has 2 rings (SSSR count). The van der Waals surface area contributed by atoms with Gasteiger partial charge in [0.2, 0.25) is 0 Å². The Kier molecular flexibility index (Phi) is 2.91. The topological polar surface area (TPSA) is 26.3 Å². The van der Waals surface area contributed by atoms with Crippen LogP contribution >= 0.6 is 0 Å². The Morgan fingerprint density at radius 3 is 2.56 bits per heavy atom. The van der Waals surface area contributed by atoms with Gasteiger partial charge < -0.3 is 4.74 Å². The lowest BCUT2D eigenvalue weighted by Gasteiger charge is -2.04. The zero-order valence-electron chi connectivity index (χ0n) is 9.49. The van der Waals surface area contributed by atoms with Gasteiger partial charge in [0.15, 0.2) is 0 Å². The van der Waals surface area contributed by atoms with E-state index in [0.29, 0.717) is 6.42 Å². The lowest BCUT2D eigenvalue weighted by Crippen LogP contribution is -1.95. The maximum atomic E-state index is 11.0. The van der Waals surface area contributed by atoms with Gasteiger partial charge in [0.05, 0.1) is 7.11 Å². The van der Waals surface area contributed by atoms with Crippen molar-refractivity contribution in [3.8, 4) is 5.75 Å². The monoisotopic (exact) mass is 214 g/mol. The first kappa shape index (κ1) is 10.7. The summed E-state index contributed by atoms with van der Waals surface area (Å²) in [5, 5.41) is 2.27. The van der Waals surface area contributed by atoms with Crippen molar-refractivity contribution in [2.45, 2.75) is 13.3 Å². The van der Waals surface area contributed by atoms with Crippen molar-refractivity contribution in [3.05, 3.63) is 42.0 Å². The first-order valence-electron chi connectivity index (χ1n) is 5.25.